The molecule has 1 aromatic heterocycles. The molecule has 0 radical (unpaired) electrons. The minimum Gasteiger partial charge on any atom is -0.399 e. The van der Waals surface area contributed by atoms with Crippen molar-refractivity contribution in [3.8, 4) is 0 Å². The van der Waals surface area contributed by atoms with Gasteiger partial charge in [0.05, 0.1) is 0 Å². The van der Waals surface area contributed by atoms with Crippen LogP contribution in [0.25, 0.3) is 0 Å². The summed E-state index contributed by atoms with van der Waals surface area (Å²) in [5.74, 6) is -0.379. The number of nitrogens with one attached hydrogen (secondary N) is 2. The van der Waals surface area contributed by atoms with Crippen LogP contribution in [0, 0.1) is 19.7 Å². The largest absolute Gasteiger partial charge is 0.399 e. The third-order valence-corrected chi connectivity index (χ3v) is 3.94. The van der Waals surface area contributed by atoms with E-state index in [-0.39, 0.29) is 17.4 Å². The van der Waals surface area contributed by atoms with Crippen molar-refractivity contribution in [3.63, 3.8) is 0 Å². The second kappa shape index (κ2) is 7.23. The summed E-state index contributed by atoms with van der Waals surface area (Å²) in [6.07, 6.45) is 0. The molecule has 4 N–H and O–H groups in total. The molecule has 0 saturated heterocycles. The number of benzene rings is 2. The Morgan fingerprint density at radius 3 is 2.54 bits per heavy atom. The van der Waals surface area contributed by atoms with Gasteiger partial charge in [0.25, 0.3) is 5.91 Å². The van der Waals surface area contributed by atoms with E-state index in [0.29, 0.717) is 22.9 Å². The first-order valence-corrected chi connectivity index (χ1v) is 8.09. The maximum Gasteiger partial charge on any atom is 0.274 e. The standard InChI is InChI=1S/C20H19FN4O/c1-12-6-7-17(8-13(12)2)24-20(26)18-10-15(22)11-19(25-18)23-16-5-3-4-14(21)9-16/h3-11H,1-2H3,(H,24,26)(H3,22,23,25). The van der Waals surface area contributed by atoms with Crippen LogP contribution < -0.4 is 16.4 Å². The van der Waals surface area contributed by atoms with Gasteiger partial charge in [0, 0.05) is 23.1 Å². The molecular formula is C20H19FN4O. The van der Waals surface area contributed by atoms with Crippen LogP contribution in [-0.2, 0) is 0 Å². The summed E-state index contributed by atoms with van der Waals surface area (Å²) in [4.78, 5) is 16.8. The molecule has 6 heteroatoms. The highest BCUT2D eigenvalue weighted by Gasteiger charge is 2.11. The number of nitrogen functional groups attached to an aromatic ring is 1. The molecule has 0 spiro atoms. The number of anilines is 4. The van der Waals surface area contributed by atoms with E-state index in [1.54, 1.807) is 18.2 Å². The Morgan fingerprint density at radius 1 is 1.00 bits per heavy atom. The lowest BCUT2D eigenvalue weighted by Crippen LogP contribution is -2.15. The average Bonchev–Trinajstić information content (AvgIpc) is 2.57. The van der Waals surface area contributed by atoms with Gasteiger partial charge < -0.3 is 16.4 Å². The summed E-state index contributed by atoms with van der Waals surface area (Å²) in [5.41, 5.74) is 9.86. The molecule has 0 aliphatic carbocycles. The topological polar surface area (TPSA) is 80.0 Å². The molecule has 0 saturated carbocycles. The lowest BCUT2D eigenvalue weighted by atomic mass is 10.1. The van der Waals surface area contributed by atoms with Crippen LogP contribution in [0.15, 0.2) is 54.6 Å². The third kappa shape index (κ3) is 4.16. The van der Waals surface area contributed by atoms with E-state index in [0.717, 1.165) is 11.1 Å². The van der Waals surface area contributed by atoms with E-state index < -0.39 is 0 Å². The zero-order chi connectivity index (χ0) is 18.7. The van der Waals surface area contributed by atoms with E-state index in [4.69, 9.17) is 5.73 Å². The van der Waals surface area contributed by atoms with Crippen LogP contribution in [0.2, 0.25) is 0 Å². The summed E-state index contributed by atoms with van der Waals surface area (Å²) < 4.78 is 13.3. The molecule has 0 aliphatic rings. The normalized spacial score (nSPS) is 10.4. The van der Waals surface area contributed by atoms with Gasteiger partial charge >= 0.3 is 0 Å². The fourth-order valence-electron chi connectivity index (χ4n) is 2.46. The van der Waals surface area contributed by atoms with Gasteiger partial charge in [0.1, 0.15) is 17.3 Å². The van der Waals surface area contributed by atoms with Crippen LogP contribution in [-0.4, -0.2) is 10.9 Å². The zero-order valence-electron chi connectivity index (χ0n) is 14.5. The summed E-state index contributed by atoms with van der Waals surface area (Å²) in [6.45, 7) is 3.98. The first-order chi connectivity index (χ1) is 12.4. The molecule has 0 atom stereocenters. The van der Waals surface area contributed by atoms with Gasteiger partial charge in [-0.15, -0.1) is 0 Å². The molecular weight excluding hydrogens is 331 g/mol. The Kier molecular flexibility index (Phi) is 4.84. The number of hydrogen-bond acceptors (Lipinski definition) is 4. The second-order valence-corrected chi connectivity index (χ2v) is 6.06. The number of nitrogens with zero attached hydrogens (tertiary/aromatic N) is 1. The van der Waals surface area contributed by atoms with Gasteiger partial charge in [-0.25, -0.2) is 9.37 Å². The summed E-state index contributed by atoms with van der Waals surface area (Å²) in [5, 5.41) is 5.76. The third-order valence-electron chi connectivity index (χ3n) is 3.94. The summed E-state index contributed by atoms with van der Waals surface area (Å²) in [6, 6.07) is 14.7. The fraction of sp³-hybridized carbons (Fsp3) is 0.100. The van der Waals surface area contributed by atoms with Crippen molar-refractivity contribution in [2.75, 3.05) is 16.4 Å². The Bertz CT molecular complexity index is 972. The quantitative estimate of drug-likeness (QED) is 0.651. The first kappa shape index (κ1) is 17.4. The van der Waals surface area contributed by atoms with Crippen molar-refractivity contribution in [1.29, 1.82) is 0 Å². The predicted octanol–water partition coefficient (Wildman–Crippen LogP) is 4.42. The Hall–Kier alpha value is -3.41. The molecule has 3 rings (SSSR count). The molecule has 1 amide bonds. The monoisotopic (exact) mass is 350 g/mol. The van der Waals surface area contributed by atoms with Crippen LogP contribution in [0.5, 0.6) is 0 Å². The number of hydrogen-bond donors (Lipinski definition) is 3. The first-order valence-electron chi connectivity index (χ1n) is 8.09. The van der Waals surface area contributed by atoms with Crippen LogP contribution in [0.3, 0.4) is 0 Å². The minimum atomic E-state index is -0.372. The van der Waals surface area contributed by atoms with Crippen molar-refractivity contribution in [2.45, 2.75) is 13.8 Å². The number of nitrogens with two attached hydrogens (primary N) is 1. The highest BCUT2D eigenvalue weighted by atomic mass is 19.1. The molecule has 132 valence electrons. The molecule has 2 aromatic carbocycles. The van der Waals surface area contributed by atoms with Gasteiger partial charge in [-0.05, 0) is 61.4 Å². The van der Waals surface area contributed by atoms with E-state index in [1.807, 2.05) is 32.0 Å². The van der Waals surface area contributed by atoms with Gasteiger partial charge in [-0.3, -0.25) is 4.79 Å². The van der Waals surface area contributed by atoms with Gasteiger partial charge in [-0.2, -0.15) is 0 Å². The fourth-order valence-corrected chi connectivity index (χ4v) is 2.46. The number of rotatable bonds is 4. The molecule has 5 nitrogen and oxygen atoms in total. The number of halogens is 1. The molecule has 0 fully saturated rings. The Morgan fingerprint density at radius 2 is 1.81 bits per heavy atom. The number of aryl methyl sites for hydroxylation is 2. The molecule has 0 aliphatic heterocycles. The number of pyridine rings is 1. The lowest BCUT2D eigenvalue weighted by Gasteiger charge is -2.10. The van der Waals surface area contributed by atoms with E-state index in [9.17, 15) is 9.18 Å². The van der Waals surface area contributed by atoms with Crippen LogP contribution >= 0.6 is 0 Å². The maximum atomic E-state index is 13.3. The number of amides is 1. The highest BCUT2D eigenvalue weighted by molar-refractivity contribution is 6.03. The number of aromatic nitrogens is 1. The van der Waals surface area contributed by atoms with E-state index >= 15 is 0 Å². The lowest BCUT2D eigenvalue weighted by molar-refractivity contribution is 0.102. The Labute approximate surface area is 151 Å². The van der Waals surface area contributed by atoms with Crippen molar-refractivity contribution < 1.29 is 9.18 Å². The van der Waals surface area contributed by atoms with Crippen LogP contribution in [0.1, 0.15) is 21.6 Å². The van der Waals surface area contributed by atoms with Crippen molar-refractivity contribution in [2.24, 2.45) is 0 Å². The molecule has 3 aromatic rings. The molecule has 26 heavy (non-hydrogen) atoms. The van der Waals surface area contributed by atoms with Crippen molar-refractivity contribution >= 4 is 28.8 Å². The zero-order valence-corrected chi connectivity index (χ0v) is 14.5. The summed E-state index contributed by atoms with van der Waals surface area (Å²) >= 11 is 0. The van der Waals surface area contributed by atoms with Crippen molar-refractivity contribution in [3.05, 3.63) is 77.2 Å². The SMILES string of the molecule is Cc1ccc(NC(=O)c2cc(N)cc(Nc3cccc(F)c3)n2)cc1C. The van der Waals surface area contributed by atoms with Gasteiger partial charge in [-0.1, -0.05) is 12.1 Å². The van der Waals surface area contributed by atoms with Crippen LogP contribution in [0.4, 0.5) is 27.3 Å². The van der Waals surface area contributed by atoms with Crippen molar-refractivity contribution in [1.82, 2.24) is 4.98 Å². The van der Waals surface area contributed by atoms with E-state index in [2.05, 4.69) is 15.6 Å². The van der Waals surface area contributed by atoms with Gasteiger partial charge in [0.15, 0.2) is 0 Å². The molecule has 1 heterocycles. The molecule has 0 unspecified atom stereocenters. The van der Waals surface area contributed by atoms with E-state index in [1.165, 1.54) is 18.2 Å². The number of carbonyl (C=O) groups is 1. The number of carbonyl (C=O) groups excluding carboxylic acids is 1. The smallest absolute Gasteiger partial charge is 0.274 e. The average molecular weight is 350 g/mol. The second-order valence-electron chi connectivity index (χ2n) is 6.06. The highest BCUT2D eigenvalue weighted by Crippen LogP contribution is 2.20. The summed E-state index contributed by atoms with van der Waals surface area (Å²) in [7, 11) is 0. The predicted molar refractivity (Wildman–Crippen MR) is 102 cm³/mol. The minimum absolute atomic E-state index is 0.169. The Balaban J connectivity index is 1.82. The van der Waals surface area contributed by atoms with Gasteiger partial charge in [0.2, 0.25) is 0 Å². The molecule has 0 bridgehead atoms. The maximum absolute atomic E-state index is 13.3.